The van der Waals surface area contributed by atoms with Crippen LogP contribution in [0, 0.1) is 5.92 Å². The maximum atomic E-state index is 5.69. The second-order valence-corrected chi connectivity index (χ2v) is 3.51. The van der Waals surface area contributed by atoms with Gasteiger partial charge in [-0.1, -0.05) is 33.1 Å². The van der Waals surface area contributed by atoms with Crippen molar-refractivity contribution in [2.75, 3.05) is 0 Å². The van der Waals surface area contributed by atoms with Gasteiger partial charge in [0.1, 0.15) is 0 Å². The van der Waals surface area contributed by atoms with Gasteiger partial charge in [-0.05, 0) is 25.3 Å². The maximum absolute atomic E-state index is 5.69. The minimum atomic E-state index is 0.0832. The molecular weight excluding hydrogens is 148 g/mol. The molecule has 0 aliphatic carbocycles. The first-order valence-corrected chi connectivity index (χ1v) is 4.45. The van der Waals surface area contributed by atoms with Crippen LogP contribution in [0.15, 0.2) is 24.8 Å². The van der Waals surface area contributed by atoms with Crippen molar-refractivity contribution in [3.63, 3.8) is 0 Å². The average molecular weight is 168 g/mol. The molecule has 1 heteroatoms. The van der Waals surface area contributed by atoms with Crippen molar-refractivity contribution in [1.82, 2.24) is 0 Å². The van der Waals surface area contributed by atoms with Crippen molar-refractivity contribution in [2.45, 2.75) is 39.9 Å². The van der Waals surface area contributed by atoms with E-state index in [-0.39, 0.29) is 12.2 Å². The smallest absolute Gasteiger partial charge is 0.0794 e. The highest BCUT2D eigenvalue weighted by atomic mass is 16.5. The molecule has 70 valence electrons. The van der Waals surface area contributed by atoms with Crippen molar-refractivity contribution in [3.05, 3.63) is 24.8 Å². The number of hydrogen-bond acceptors (Lipinski definition) is 1. The zero-order valence-electron chi connectivity index (χ0n) is 8.63. The Morgan fingerprint density at radius 3 is 2.08 bits per heavy atom. The molecule has 0 aromatic heterocycles. The van der Waals surface area contributed by atoms with E-state index in [1.54, 1.807) is 6.08 Å². The Morgan fingerprint density at radius 2 is 1.75 bits per heavy atom. The third-order valence-corrected chi connectivity index (χ3v) is 2.14. The van der Waals surface area contributed by atoms with Gasteiger partial charge in [0, 0.05) is 0 Å². The van der Waals surface area contributed by atoms with Crippen molar-refractivity contribution >= 4 is 0 Å². The summed E-state index contributed by atoms with van der Waals surface area (Å²) in [5.41, 5.74) is 0.947. The molecule has 0 rings (SSSR count). The Hall–Kier alpha value is -0.560. The van der Waals surface area contributed by atoms with E-state index in [1.165, 1.54) is 0 Å². The Morgan fingerprint density at radius 1 is 1.25 bits per heavy atom. The van der Waals surface area contributed by atoms with Gasteiger partial charge in [0.25, 0.3) is 0 Å². The van der Waals surface area contributed by atoms with Crippen LogP contribution in [0.5, 0.6) is 0 Å². The fraction of sp³-hybridized carbons (Fsp3) is 0.636. The van der Waals surface area contributed by atoms with Crippen LogP contribution in [0.1, 0.15) is 27.7 Å². The third-order valence-electron chi connectivity index (χ3n) is 2.14. The summed E-state index contributed by atoms with van der Waals surface area (Å²) >= 11 is 0. The molecule has 0 amide bonds. The van der Waals surface area contributed by atoms with Gasteiger partial charge in [0.2, 0.25) is 0 Å². The highest BCUT2D eigenvalue weighted by Crippen LogP contribution is 2.12. The predicted molar refractivity (Wildman–Crippen MR) is 54.2 cm³/mol. The molecule has 0 fully saturated rings. The summed E-state index contributed by atoms with van der Waals surface area (Å²) in [6.45, 7) is 15.9. The molecule has 0 aromatic rings. The largest absolute Gasteiger partial charge is 0.371 e. The van der Waals surface area contributed by atoms with Gasteiger partial charge >= 0.3 is 0 Å². The quantitative estimate of drug-likeness (QED) is 0.573. The second-order valence-electron chi connectivity index (χ2n) is 3.51. The molecule has 12 heavy (non-hydrogen) atoms. The first-order valence-electron chi connectivity index (χ1n) is 4.45. The maximum Gasteiger partial charge on any atom is 0.0794 e. The number of ether oxygens (including phenoxy) is 1. The minimum absolute atomic E-state index is 0.0832. The zero-order valence-corrected chi connectivity index (χ0v) is 8.63. The first-order chi connectivity index (χ1) is 5.49. The Balaban J connectivity index is 3.91. The summed E-state index contributed by atoms with van der Waals surface area (Å²) in [6, 6.07) is 0. The van der Waals surface area contributed by atoms with Crippen molar-refractivity contribution < 1.29 is 4.74 Å². The summed E-state index contributed by atoms with van der Waals surface area (Å²) in [4.78, 5) is 0. The SMILES string of the molecule is C=CC(=C)C(C)OC(C)C(C)C. The fourth-order valence-corrected chi connectivity index (χ4v) is 0.732. The lowest BCUT2D eigenvalue weighted by molar-refractivity contribution is 0.00361. The Labute approximate surface area is 76.1 Å². The van der Waals surface area contributed by atoms with E-state index >= 15 is 0 Å². The Bertz CT molecular complexity index is 158. The molecule has 0 saturated carbocycles. The van der Waals surface area contributed by atoms with Crippen LogP contribution in [-0.4, -0.2) is 12.2 Å². The van der Waals surface area contributed by atoms with Gasteiger partial charge in [0.05, 0.1) is 12.2 Å². The highest BCUT2D eigenvalue weighted by Gasteiger charge is 2.12. The third kappa shape index (κ3) is 3.72. The van der Waals surface area contributed by atoms with Gasteiger partial charge in [-0.2, -0.15) is 0 Å². The van der Waals surface area contributed by atoms with E-state index in [4.69, 9.17) is 4.74 Å². The molecule has 0 bridgehead atoms. The van der Waals surface area contributed by atoms with Crippen LogP contribution in [-0.2, 0) is 4.74 Å². The minimum Gasteiger partial charge on any atom is -0.371 e. The summed E-state index contributed by atoms with van der Waals surface area (Å²) in [6.07, 6.45) is 2.11. The van der Waals surface area contributed by atoms with Gasteiger partial charge < -0.3 is 4.74 Å². The van der Waals surface area contributed by atoms with Crippen LogP contribution >= 0.6 is 0 Å². The van der Waals surface area contributed by atoms with E-state index in [0.29, 0.717) is 5.92 Å². The van der Waals surface area contributed by atoms with Gasteiger partial charge in [-0.3, -0.25) is 0 Å². The van der Waals surface area contributed by atoms with Crippen molar-refractivity contribution in [2.24, 2.45) is 5.92 Å². The molecule has 0 spiro atoms. The number of hydrogen-bond donors (Lipinski definition) is 0. The van der Waals surface area contributed by atoms with E-state index in [2.05, 4.69) is 33.9 Å². The molecule has 1 nitrogen and oxygen atoms in total. The van der Waals surface area contributed by atoms with Crippen LogP contribution < -0.4 is 0 Å². The van der Waals surface area contributed by atoms with Crippen LogP contribution in [0.4, 0.5) is 0 Å². The molecule has 0 aliphatic heterocycles. The summed E-state index contributed by atoms with van der Waals surface area (Å²) < 4.78 is 5.69. The molecule has 0 radical (unpaired) electrons. The van der Waals surface area contributed by atoms with Gasteiger partial charge in [-0.25, -0.2) is 0 Å². The van der Waals surface area contributed by atoms with Gasteiger partial charge in [-0.15, -0.1) is 0 Å². The molecule has 2 atom stereocenters. The standard InChI is InChI=1S/C11H20O/c1-7-9(4)11(6)12-10(5)8(2)3/h7-8,10-11H,1,4H2,2-3,5-6H3. The van der Waals surface area contributed by atoms with E-state index in [9.17, 15) is 0 Å². The lowest BCUT2D eigenvalue weighted by Crippen LogP contribution is -2.22. The second kappa shape index (κ2) is 5.15. The molecule has 0 aromatic carbocycles. The molecular formula is C11H20O. The Kier molecular flexibility index (Phi) is 4.91. The predicted octanol–water partition coefficient (Wildman–Crippen LogP) is 3.18. The lowest BCUT2D eigenvalue weighted by atomic mass is 10.1. The summed E-state index contributed by atoms with van der Waals surface area (Å²) in [5.74, 6) is 0.546. The number of rotatable bonds is 5. The molecule has 0 aliphatic rings. The normalized spacial score (nSPS) is 15.8. The van der Waals surface area contributed by atoms with Crippen LogP contribution in [0.25, 0.3) is 0 Å². The fourth-order valence-electron chi connectivity index (χ4n) is 0.732. The molecule has 0 saturated heterocycles. The van der Waals surface area contributed by atoms with E-state index in [1.807, 2.05) is 6.92 Å². The van der Waals surface area contributed by atoms with Crippen molar-refractivity contribution in [1.29, 1.82) is 0 Å². The monoisotopic (exact) mass is 168 g/mol. The van der Waals surface area contributed by atoms with Crippen LogP contribution in [0.3, 0.4) is 0 Å². The lowest BCUT2D eigenvalue weighted by Gasteiger charge is -2.22. The summed E-state index contributed by atoms with van der Waals surface area (Å²) in [7, 11) is 0. The van der Waals surface area contributed by atoms with E-state index < -0.39 is 0 Å². The zero-order chi connectivity index (χ0) is 9.72. The molecule has 2 unspecified atom stereocenters. The van der Waals surface area contributed by atoms with Crippen molar-refractivity contribution in [3.8, 4) is 0 Å². The molecule has 0 N–H and O–H groups in total. The molecule has 0 heterocycles. The first kappa shape index (κ1) is 11.4. The summed E-state index contributed by atoms with van der Waals surface area (Å²) in [5, 5.41) is 0. The van der Waals surface area contributed by atoms with Crippen LogP contribution in [0.2, 0.25) is 0 Å². The average Bonchev–Trinajstić information content (AvgIpc) is 2.02. The topological polar surface area (TPSA) is 9.23 Å². The highest BCUT2D eigenvalue weighted by molar-refractivity contribution is 5.15. The van der Waals surface area contributed by atoms with Gasteiger partial charge in [0.15, 0.2) is 0 Å². The van der Waals surface area contributed by atoms with E-state index in [0.717, 1.165) is 5.57 Å².